The number of aryl methyl sites for hydroxylation is 1. The Bertz CT molecular complexity index is 653. The molecule has 21 heavy (non-hydrogen) atoms. The SMILES string of the molecule is Cn1cc(Cl)cc1C(=O)N1C[C@H](c2ccccc2)[C@@H](N)C1. The number of nitrogens with zero attached hydrogens (tertiary/aromatic N) is 2. The molecule has 3 rings (SSSR count). The van der Waals surface area contributed by atoms with Crippen LogP contribution in [0, 0.1) is 0 Å². The van der Waals surface area contributed by atoms with Gasteiger partial charge in [0.2, 0.25) is 0 Å². The maximum absolute atomic E-state index is 12.6. The third kappa shape index (κ3) is 2.69. The summed E-state index contributed by atoms with van der Waals surface area (Å²) >= 11 is 5.95. The minimum Gasteiger partial charge on any atom is -0.345 e. The van der Waals surface area contributed by atoms with Crippen LogP contribution in [-0.2, 0) is 7.05 Å². The number of carbonyl (C=O) groups is 1. The van der Waals surface area contributed by atoms with Gasteiger partial charge in [-0.25, -0.2) is 0 Å². The van der Waals surface area contributed by atoms with Gasteiger partial charge in [0.1, 0.15) is 5.69 Å². The highest BCUT2D eigenvalue weighted by atomic mass is 35.5. The molecule has 1 aromatic carbocycles. The Balaban J connectivity index is 1.80. The van der Waals surface area contributed by atoms with Crippen molar-refractivity contribution in [3.63, 3.8) is 0 Å². The summed E-state index contributed by atoms with van der Waals surface area (Å²) in [5, 5.41) is 0.573. The second kappa shape index (κ2) is 5.54. The Kier molecular flexibility index (Phi) is 3.74. The molecule has 2 atom stereocenters. The molecule has 1 aromatic heterocycles. The molecule has 1 amide bonds. The van der Waals surface area contributed by atoms with Crippen LogP contribution in [0.1, 0.15) is 22.0 Å². The number of hydrogen-bond acceptors (Lipinski definition) is 2. The molecule has 1 aliphatic rings. The van der Waals surface area contributed by atoms with Gasteiger partial charge in [0.05, 0.1) is 5.02 Å². The molecule has 2 N–H and O–H groups in total. The molecule has 4 nitrogen and oxygen atoms in total. The van der Waals surface area contributed by atoms with E-state index < -0.39 is 0 Å². The van der Waals surface area contributed by atoms with Crippen LogP contribution in [0.25, 0.3) is 0 Å². The molecule has 0 bridgehead atoms. The highest BCUT2D eigenvalue weighted by Gasteiger charge is 2.34. The van der Waals surface area contributed by atoms with Crippen molar-refractivity contribution in [2.24, 2.45) is 12.8 Å². The van der Waals surface area contributed by atoms with Gasteiger partial charge in [0.15, 0.2) is 0 Å². The summed E-state index contributed by atoms with van der Waals surface area (Å²) in [4.78, 5) is 14.4. The van der Waals surface area contributed by atoms with Gasteiger partial charge >= 0.3 is 0 Å². The fourth-order valence-corrected chi connectivity index (χ4v) is 3.20. The van der Waals surface area contributed by atoms with E-state index in [2.05, 4.69) is 12.1 Å². The zero-order chi connectivity index (χ0) is 15.0. The number of nitrogens with two attached hydrogens (primary N) is 1. The van der Waals surface area contributed by atoms with Gasteiger partial charge < -0.3 is 15.2 Å². The monoisotopic (exact) mass is 303 g/mol. The van der Waals surface area contributed by atoms with Gasteiger partial charge in [-0.15, -0.1) is 0 Å². The zero-order valence-corrected chi connectivity index (χ0v) is 12.6. The van der Waals surface area contributed by atoms with Gasteiger partial charge in [0, 0.05) is 38.3 Å². The minimum absolute atomic E-state index is 0.0155. The summed E-state index contributed by atoms with van der Waals surface area (Å²) in [5.41, 5.74) is 8.02. The molecule has 2 aromatic rings. The van der Waals surface area contributed by atoms with Crippen LogP contribution in [0.2, 0.25) is 5.02 Å². The number of carbonyl (C=O) groups excluding carboxylic acids is 1. The van der Waals surface area contributed by atoms with Crippen LogP contribution < -0.4 is 5.73 Å². The van der Waals surface area contributed by atoms with Gasteiger partial charge in [-0.3, -0.25) is 4.79 Å². The van der Waals surface area contributed by atoms with Crippen molar-refractivity contribution >= 4 is 17.5 Å². The van der Waals surface area contributed by atoms with E-state index in [0.29, 0.717) is 23.8 Å². The summed E-state index contributed by atoms with van der Waals surface area (Å²) in [6.45, 7) is 1.22. The van der Waals surface area contributed by atoms with Crippen LogP contribution in [0.15, 0.2) is 42.6 Å². The topological polar surface area (TPSA) is 51.3 Å². The second-order valence-electron chi connectivity index (χ2n) is 5.55. The molecule has 0 radical (unpaired) electrons. The van der Waals surface area contributed by atoms with Gasteiger partial charge in [0.25, 0.3) is 5.91 Å². The normalized spacial score (nSPS) is 21.8. The molecule has 0 saturated carbocycles. The standard InChI is InChI=1S/C16H18ClN3O/c1-19-8-12(17)7-15(19)16(21)20-9-13(14(18)10-20)11-5-3-2-4-6-11/h2-8,13-14H,9-10,18H2,1H3/t13-,14+/m1/s1. The van der Waals surface area contributed by atoms with Crippen LogP contribution >= 0.6 is 11.6 Å². The van der Waals surface area contributed by atoms with E-state index in [1.54, 1.807) is 16.8 Å². The van der Waals surface area contributed by atoms with Crippen LogP contribution in [0.4, 0.5) is 0 Å². The fourth-order valence-electron chi connectivity index (χ4n) is 2.95. The van der Waals surface area contributed by atoms with Crippen LogP contribution in [0.3, 0.4) is 0 Å². The van der Waals surface area contributed by atoms with Gasteiger partial charge in [-0.1, -0.05) is 41.9 Å². The number of benzene rings is 1. The maximum Gasteiger partial charge on any atom is 0.270 e. The number of likely N-dealkylation sites (tertiary alicyclic amines) is 1. The van der Waals surface area contributed by atoms with Crippen molar-refractivity contribution in [3.05, 3.63) is 58.9 Å². The van der Waals surface area contributed by atoms with Crippen LogP contribution in [-0.4, -0.2) is 34.5 Å². The Labute approximate surface area is 129 Å². The smallest absolute Gasteiger partial charge is 0.270 e. The second-order valence-corrected chi connectivity index (χ2v) is 5.98. The predicted molar refractivity (Wildman–Crippen MR) is 83.5 cm³/mol. The number of aromatic nitrogens is 1. The first-order valence-electron chi connectivity index (χ1n) is 6.98. The number of rotatable bonds is 2. The lowest BCUT2D eigenvalue weighted by molar-refractivity contribution is 0.0780. The van der Waals surface area contributed by atoms with Crippen molar-refractivity contribution in [1.29, 1.82) is 0 Å². The molecular formula is C16H18ClN3O. The molecule has 0 spiro atoms. The molecule has 1 fully saturated rings. The van der Waals surface area contributed by atoms with Crippen LogP contribution in [0.5, 0.6) is 0 Å². The van der Waals surface area contributed by atoms with E-state index in [1.165, 1.54) is 5.56 Å². The summed E-state index contributed by atoms with van der Waals surface area (Å²) < 4.78 is 1.76. The first-order valence-corrected chi connectivity index (χ1v) is 7.35. The van der Waals surface area contributed by atoms with Crippen molar-refractivity contribution in [3.8, 4) is 0 Å². The first kappa shape index (κ1) is 14.2. The Morgan fingerprint density at radius 1 is 1.29 bits per heavy atom. The highest BCUT2D eigenvalue weighted by Crippen LogP contribution is 2.27. The van der Waals surface area contributed by atoms with Crippen molar-refractivity contribution in [2.45, 2.75) is 12.0 Å². The summed E-state index contributed by atoms with van der Waals surface area (Å²) in [5.74, 6) is 0.171. The summed E-state index contributed by atoms with van der Waals surface area (Å²) in [6, 6.07) is 11.8. The largest absolute Gasteiger partial charge is 0.345 e. The summed E-state index contributed by atoms with van der Waals surface area (Å²) in [6.07, 6.45) is 1.74. The van der Waals surface area contributed by atoms with Gasteiger partial charge in [-0.05, 0) is 11.6 Å². The lowest BCUT2D eigenvalue weighted by Crippen LogP contribution is -2.33. The van der Waals surface area contributed by atoms with Crippen molar-refractivity contribution < 1.29 is 4.79 Å². The molecule has 1 aliphatic heterocycles. The molecule has 1 saturated heterocycles. The Morgan fingerprint density at radius 3 is 2.62 bits per heavy atom. The summed E-state index contributed by atoms with van der Waals surface area (Å²) in [7, 11) is 1.82. The van der Waals surface area contributed by atoms with E-state index in [1.807, 2.05) is 30.1 Å². The van der Waals surface area contributed by atoms with Gasteiger partial charge in [-0.2, -0.15) is 0 Å². The lowest BCUT2D eigenvalue weighted by Gasteiger charge is -2.16. The lowest BCUT2D eigenvalue weighted by atomic mass is 9.95. The first-order chi connectivity index (χ1) is 10.1. The Morgan fingerprint density at radius 2 is 2.00 bits per heavy atom. The maximum atomic E-state index is 12.6. The third-order valence-electron chi connectivity index (χ3n) is 4.07. The number of halogens is 1. The van der Waals surface area contributed by atoms with Crippen molar-refractivity contribution in [1.82, 2.24) is 9.47 Å². The number of hydrogen-bond donors (Lipinski definition) is 1. The van der Waals surface area contributed by atoms with E-state index in [9.17, 15) is 4.79 Å². The molecule has 2 heterocycles. The molecule has 5 heteroatoms. The van der Waals surface area contributed by atoms with Crippen molar-refractivity contribution in [2.75, 3.05) is 13.1 Å². The van der Waals surface area contributed by atoms with E-state index >= 15 is 0 Å². The number of amides is 1. The molecular weight excluding hydrogens is 286 g/mol. The third-order valence-corrected chi connectivity index (χ3v) is 4.28. The predicted octanol–water partition coefficient (Wildman–Crippen LogP) is 2.25. The minimum atomic E-state index is -0.0351. The van der Waals surface area contributed by atoms with E-state index in [4.69, 9.17) is 17.3 Å². The average Bonchev–Trinajstić information content (AvgIpc) is 3.02. The van der Waals surface area contributed by atoms with E-state index in [-0.39, 0.29) is 17.9 Å². The van der Waals surface area contributed by atoms with E-state index in [0.717, 1.165) is 0 Å². The highest BCUT2D eigenvalue weighted by molar-refractivity contribution is 6.31. The Hall–Kier alpha value is -1.78. The molecule has 0 aliphatic carbocycles. The molecule has 110 valence electrons. The zero-order valence-electron chi connectivity index (χ0n) is 11.9. The quantitative estimate of drug-likeness (QED) is 0.925. The average molecular weight is 304 g/mol. The molecule has 0 unspecified atom stereocenters. The fraction of sp³-hybridized carbons (Fsp3) is 0.312.